The first-order valence-electron chi connectivity index (χ1n) is 9.37. The number of pyridine rings is 1. The first kappa shape index (κ1) is 17.4. The molecule has 2 aromatic carbocycles. The largest absolute Gasteiger partial charge is 0.360 e. The molecule has 2 aromatic heterocycles. The number of amides is 1. The highest BCUT2D eigenvalue weighted by Gasteiger charge is 2.22. The first-order chi connectivity index (χ1) is 13.7. The summed E-state index contributed by atoms with van der Waals surface area (Å²) in [6.45, 7) is 3.12. The van der Waals surface area contributed by atoms with Crippen LogP contribution in [0, 0.1) is 0 Å². The summed E-state index contributed by atoms with van der Waals surface area (Å²) in [6, 6.07) is 15.9. The highest BCUT2D eigenvalue weighted by Crippen LogP contribution is 2.32. The molecule has 0 bridgehead atoms. The van der Waals surface area contributed by atoms with Crippen molar-refractivity contribution in [2.45, 2.75) is 0 Å². The van der Waals surface area contributed by atoms with Gasteiger partial charge in [-0.25, -0.2) is 4.98 Å². The lowest BCUT2D eigenvalue weighted by Gasteiger charge is -2.28. The van der Waals surface area contributed by atoms with Gasteiger partial charge in [0.15, 0.2) is 0 Å². The van der Waals surface area contributed by atoms with E-state index in [9.17, 15) is 4.79 Å². The van der Waals surface area contributed by atoms with Crippen molar-refractivity contribution in [2.75, 3.05) is 26.2 Å². The smallest absolute Gasteiger partial charge is 0.254 e. The summed E-state index contributed by atoms with van der Waals surface area (Å²) in [5.41, 5.74) is 4.40. The second-order valence-electron chi connectivity index (χ2n) is 7.01. The van der Waals surface area contributed by atoms with Crippen molar-refractivity contribution < 1.29 is 4.79 Å². The number of benzene rings is 2. The van der Waals surface area contributed by atoms with E-state index in [2.05, 4.69) is 32.3 Å². The summed E-state index contributed by atoms with van der Waals surface area (Å²) >= 11 is 3.55. The van der Waals surface area contributed by atoms with Crippen LogP contribution in [0.4, 0.5) is 0 Å². The first-order valence-corrected chi connectivity index (χ1v) is 10.2. The van der Waals surface area contributed by atoms with Gasteiger partial charge in [0, 0.05) is 58.7 Å². The van der Waals surface area contributed by atoms with E-state index in [0.717, 1.165) is 63.7 Å². The van der Waals surface area contributed by atoms with Gasteiger partial charge in [0.05, 0.1) is 16.8 Å². The molecule has 0 saturated carbocycles. The van der Waals surface area contributed by atoms with E-state index in [1.165, 1.54) is 0 Å². The fourth-order valence-corrected chi connectivity index (χ4v) is 4.19. The number of halogens is 1. The third-order valence-electron chi connectivity index (χ3n) is 5.27. The van der Waals surface area contributed by atoms with Gasteiger partial charge in [0.2, 0.25) is 0 Å². The summed E-state index contributed by atoms with van der Waals surface area (Å²) in [7, 11) is 0. The molecule has 140 valence electrons. The van der Waals surface area contributed by atoms with Crippen LogP contribution in [-0.4, -0.2) is 47.0 Å². The van der Waals surface area contributed by atoms with Crippen LogP contribution in [-0.2, 0) is 0 Å². The highest BCUT2D eigenvalue weighted by molar-refractivity contribution is 9.10. The van der Waals surface area contributed by atoms with E-state index in [-0.39, 0.29) is 5.91 Å². The molecule has 0 unspecified atom stereocenters. The van der Waals surface area contributed by atoms with Gasteiger partial charge >= 0.3 is 0 Å². The van der Waals surface area contributed by atoms with Crippen LogP contribution in [0.3, 0.4) is 0 Å². The Morgan fingerprint density at radius 1 is 1.04 bits per heavy atom. The molecular formula is C22H19BrN4O. The molecule has 3 heterocycles. The van der Waals surface area contributed by atoms with Gasteiger partial charge in [-0.2, -0.15) is 0 Å². The number of piperazine rings is 1. The molecule has 6 heteroatoms. The molecule has 0 atom stereocenters. The predicted molar refractivity (Wildman–Crippen MR) is 116 cm³/mol. The standard InChI is InChI=1S/C22H19BrN4O/c23-14-5-6-19-16(11-14)18(13-25-19)21-12-17(15-3-1-2-4-20(15)26-21)22(28)27-9-7-24-8-10-27/h1-6,11-13,24-25H,7-10H2. The number of aromatic amines is 1. The molecule has 28 heavy (non-hydrogen) atoms. The zero-order chi connectivity index (χ0) is 19.1. The van der Waals surface area contributed by atoms with E-state index in [0.29, 0.717) is 5.56 Å². The number of carbonyl (C=O) groups excluding carboxylic acids is 1. The van der Waals surface area contributed by atoms with E-state index in [1.807, 2.05) is 53.6 Å². The topological polar surface area (TPSA) is 61.0 Å². The fourth-order valence-electron chi connectivity index (χ4n) is 3.83. The van der Waals surface area contributed by atoms with Crippen LogP contribution < -0.4 is 5.32 Å². The number of nitrogens with one attached hydrogen (secondary N) is 2. The number of H-pyrrole nitrogens is 1. The summed E-state index contributed by atoms with van der Waals surface area (Å²) < 4.78 is 1.01. The third kappa shape index (κ3) is 2.99. The minimum Gasteiger partial charge on any atom is -0.360 e. The van der Waals surface area contributed by atoms with E-state index in [4.69, 9.17) is 4.98 Å². The molecule has 2 N–H and O–H groups in total. The van der Waals surface area contributed by atoms with Crippen molar-refractivity contribution in [1.29, 1.82) is 0 Å². The number of carbonyl (C=O) groups is 1. The number of nitrogens with zero attached hydrogens (tertiary/aromatic N) is 2. The maximum atomic E-state index is 13.3. The van der Waals surface area contributed by atoms with Gasteiger partial charge in [-0.15, -0.1) is 0 Å². The molecular weight excluding hydrogens is 416 g/mol. The Hall–Kier alpha value is -2.70. The maximum absolute atomic E-state index is 13.3. The zero-order valence-electron chi connectivity index (χ0n) is 15.2. The maximum Gasteiger partial charge on any atom is 0.254 e. The van der Waals surface area contributed by atoms with Gasteiger partial charge in [0.1, 0.15) is 0 Å². The average Bonchev–Trinajstić information content (AvgIpc) is 3.16. The van der Waals surface area contributed by atoms with Gasteiger partial charge in [0.25, 0.3) is 5.91 Å². The molecule has 5 rings (SSSR count). The van der Waals surface area contributed by atoms with Crippen molar-refractivity contribution in [1.82, 2.24) is 20.2 Å². The molecule has 0 spiro atoms. The van der Waals surface area contributed by atoms with Crippen LogP contribution >= 0.6 is 15.9 Å². The van der Waals surface area contributed by atoms with Crippen molar-refractivity contribution >= 4 is 43.6 Å². The molecule has 1 fully saturated rings. The summed E-state index contributed by atoms with van der Waals surface area (Å²) in [4.78, 5) is 23.4. The second-order valence-corrected chi connectivity index (χ2v) is 7.92. The minimum absolute atomic E-state index is 0.0716. The molecule has 5 nitrogen and oxygen atoms in total. The van der Waals surface area contributed by atoms with Crippen molar-refractivity contribution in [3.8, 4) is 11.3 Å². The molecule has 1 saturated heterocycles. The Morgan fingerprint density at radius 3 is 2.71 bits per heavy atom. The van der Waals surface area contributed by atoms with E-state index in [1.54, 1.807) is 0 Å². The van der Waals surface area contributed by atoms with Crippen LogP contribution in [0.5, 0.6) is 0 Å². The molecule has 1 aliphatic heterocycles. The Morgan fingerprint density at radius 2 is 1.86 bits per heavy atom. The Labute approximate surface area is 170 Å². The fraction of sp³-hybridized carbons (Fsp3) is 0.182. The molecule has 1 amide bonds. The summed E-state index contributed by atoms with van der Waals surface area (Å²) in [5.74, 6) is 0.0716. The normalized spacial score (nSPS) is 14.7. The number of fused-ring (bicyclic) bond motifs is 2. The number of hydrogen-bond donors (Lipinski definition) is 2. The minimum atomic E-state index is 0.0716. The molecule has 0 radical (unpaired) electrons. The number of para-hydroxylation sites is 1. The number of rotatable bonds is 2. The quantitative estimate of drug-likeness (QED) is 0.497. The Kier molecular flexibility index (Phi) is 4.37. The lowest BCUT2D eigenvalue weighted by Crippen LogP contribution is -2.46. The van der Waals surface area contributed by atoms with Crippen molar-refractivity contribution in [2.24, 2.45) is 0 Å². The highest BCUT2D eigenvalue weighted by atomic mass is 79.9. The molecule has 0 aliphatic carbocycles. The summed E-state index contributed by atoms with van der Waals surface area (Å²) in [6.07, 6.45) is 1.97. The van der Waals surface area contributed by atoms with Crippen LogP contribution in [0.15, 0.2) is 59.2 Å². The van der Waals surface area contributed by atoms with E-state index >= 15 is 0 Å². The van der Waals surface area contributed by atoms with Crippen molar-refractivity contribution in [3.63, 3.8) is 0 Å². The lowest BCUT2D eigenvalue weighted by atomic mass is 10.0. The SMILES string of the molecule is O=C(c1cc(-c2c[nH]c3ccc(Br)cc23)nc2ccccc12)N1CCNCC1. The van der Waals surface area contributed by atoms with Gasteiger partial charge in [-0.05, 0) is 30.3 Å². The number of hydrogen-bond acceptors (Lipinski definition) is 3. The molecule has 1 aliphatic rings. The van der Waals surface area contributed by atoms with E-state index < -0.39 is 0 Å². The van der Waals surface area contributed by atoms with Crippen LogP contribution in [0.2, 0.25) is 0 Å². The van der Waals surface area contributed by atoms with Gasteiger partial charge < -0.3 is 15.2 Å². The average molecular weight is 435 g/mol. The Balaban J connectivity index is 1.70. The van der Waals surface area contributed by atoms with Crippen LogP contribution in [0.25, 0.3) is 33.1 Å². The lowest BCUT2D eigenvalue weighted by molar-refractivity contribution is 0.0738. The monoisotopic (exact) mass is 434 g/mol. The van der Waals surface area contributed by atoms with Gasteiger partial charge in [-0.1, -0.05) is 34.1 Å². The van der Waals surface area contributed by atoms with Crippen molar-refractivity contribution in [3.05, 3.63) is 64.8 Å². The predicted octanol–water partition coefficient (Wildman–Crippen LogP) is 4.19. The molecule has 4 aromatic rings. The third-order valence-corrected chi connectivity index (χ3v) is 5.76. The zero-order valence-corrected chi connectivity index (χ0v) is 16.8. The second kappa shape index (κ2) is 7.04. The van der Waals surface area contributed by atoms with Crippen LogP contribution in [0.1, 0.15) is 10.4 Å². The van der Waals surface area contributed by atoms with Gasteiger partial charge in [-0.3, -0.25) is 4.79 Å². The number of aromatic nitrogens is 2. The summed E-state index contributed by atoms with van der Waals surface area (Å²) in [5, 5.41) is 5.28. The Bertz CT molecular complexity index is 1190.